The van der Waals surface area contributed by atoms with E-state index in [-0.39, 0.29) is 12.6 Å². The van der Waals surface area contributed by atoms with E-state index in [4.69, 9.17) is 5.11 Å². The van der Waals surface area contributed by atoms with Gasteiger partial charge in [-0.05, 0) is 25.8 Å². The van der Waals surface area contributed by atoms with Crippen LogP contribution >= 0.6 is 0 Å². The van der Waals surface area contributed by atoms with E-state index in [1.54, 1.807) is 0 Å². The van der Waals surface area contributed by atoms with Crippen molar-refractivity contribution in [3.05, 3.63) is 0 Å². The lowest BCUT2D eigenvalue weighted by atomic mass is 10.4. The molecule has 1 saturated carbocycles. The lowest BCUT2D eigenvalue weighted by Crippen LogP contribution is -2.43. The van der Waals surface area contributed by atoms with Crippen LogP contribution in [0.2, 0.25) is 0 Å². The molecule has 17 heavy (non-hydrogen) atoms. The number of β-amino-alcohol motifs (C(OH)–C–C–N with tert-alkyl or cyclic N) is 1. The second-order valence-corrected chi connectivity index (χ2v) is 6.42. The molecule has 2 fully saturated rings. The van der Waals surface area contributed by atoms with E-state index in [1.807, 2.05) is 0 Å². The molecule has 2 aliphatic rings. The van der Waals surface area contributed by atoms with Crippen LogP contribution in [0.5, 0.6) is 0 Å². The SMILES string of the molecule is O=S(=O)(NC1CC1)N1CCCN(CCO)CC1. The number of rotatable bonds is 5. The van der Waals surface area contributed by atoms with Gasteiger partial charge < -0.3 is 5.11 Å². The first-order valence-electron chi connectivity index (χ1n) is 6.22. The topological polar surface area (TPSA) is 72.9 Å². The molecule has 2 N–H and O–H groups in total. The van der Waals surface area contributed by atoms with Gasteiger partial charge >= 0.3 is 0 Å². The summed E-state index contributed by atoms with van der Waals surface area (Å²) in [5, 5.41) is 8.88. The highest BCUT2D eigenvalue weighted by Gasteiger charge is 2.31. The van der Waals surface area contributed by atoms with Crippen LogP contribution in [0.15, 0.2) is 0 Å². The van der Waals surface area contributed by atoms with Gasteiger partial charge in [-0.2, -0.15) is 17.4 Å². The van der Waals surface area contributed by atoms with Crippen molar-refractivity contribution in [2.24, 2.45) is 0 Å². The van der Waals surface area contributed by atoms with Crippen molar-refractivity contribution in [3.8, 4) is 0 Å². The fourth-order valence-corrected chi connectivity index (χ4v) is 3.54. The molecule has 0 aromatic heterocycles. The first kappa shape index (κ1) is 13.2. The predicted molar refractivity (Wildman–Crippen MR) is 64.8 cm³/mol. The van der Waals surface area contributed by atoms with Crippen LogP contribution in [0, 0.1) is 0 Å². The van der Waals surface area contributed by atoms with Gasteiger partial charge in [-0.3, -0.25) is 4.90 Å². The molecule has 0 unspecified atom stereocenters. The molecular weight excluding hydrogens is 242 g/mol. The fourth-order valence-electron chi connectivity index (χ4n) is 2.04. The van der Waals surface area contributed by atoms with Gasteiger partial charge in [-0.25, -0.2) is 0 Å². The van der Waals surface area contributed by atoms with Gasteiger partial charge in [-0.15, -0.1) is 0 Å². The molecule has 0 bridgehead atoms. The molecule has 0 radical (unpaired) electrons. The van der Waals surface area contributed by atoms with E-state index in [1.165, 1.54) is 4.31 Å². The summed E-state index contributed by atoms with van der Waals surface area (Å²) in [5.41, 5.74) is 0. The second kappa shape index (κ2) is 5.62. The van der Waals surface area contributed by atoms with E-state index in [0.29, 0.717) is 26.2 Å². The van der Waals surface area contributed by atoms with Gasteiger partial charge in [0.1, 0.15) is 0 Å². The van der Waals surface area contributed by atoms with Crippen LogP contribution in [0.3, 0.4) is 0 Å². The van der Waals surface area contributed by atoms with Crippen molar-refractivity contribution in [2.75, 3.05) is 39.3 Å². The summed E-state index contributed by atoms with van der Waals surface area (Å²) >= 11 is 0. The molecule has 0 aromatic rings. The van der Waals surface area contributed by atoms with Crippen LogP contribution in [0.1, 0.15) is 19.3 Å². The third kappa shape index (κ3) is 3.89. The Kier molecular flexibility index (Phi) is 4.37. The minimum Gasteiger partial charge on any atom is -0.395 e. The normalized spacial score (nSPS) is 24.8. The summed E-state index contributed by atoms with van der Waals surface area (Å²) in [7, 11) is -3.29. The number of aliphatic hydroxyl groups excluding tert-OH is 1. The lowest BCUT2D eigenvalue weighted by Gasteiger charge is -2.21. The molecule has 2 rings (SSSR count). The third-order valence-electron chi connectivity index (χ3n) is 3.20. The maximum Gasteiger partial charge on any atom is 0.279 e. The van der Waals surface area contributed by atoms with Gasteiger partial charge in [0.25, 0.3) is 10.2 Å². The van der Waals surface area contributed by atoms with Crippen molar-refractivity contribution in [3.63, 3.8) is 0 Å². The lowest BCUT2D eigenvalue weighted by molar-refractivity contribution is 0.202. The highest BCUT2D eigenvalue weighted by atomic mass is 32.2. The fraction of sp³-hybridized carbons (Fsp3) is 1.00. The minimum atomic E-state index is -3.29. The molecule has 0 aromatic carbocycles. The Morgan fingerprint density at radius 1 is 1.18 bits per heavy atom. The number of nitrogens with one attached hydrogen (secondary N) is 1. The van der Waals surface area contributed by atoms with Crippen LogP contribution in [-0.4, -0.2) is 68.1 Å². The zero-order chi connectivity index (χ0) is 12.3. The molecule has 1 saturated heterocycles. The summed E-state index contributed by atoms with van der Waals surface area (Å²) in [6, 6.07) is 0.164. The first-order chi connectivity index (χ1) is 8.12. The second-order valence-electron chi connectivity index (χ2n) is 4.72. The monoisotopic (exact) mass is 263 g/mol. The van der Waals surface area contributed by atoms with E-state index in [9.17, 15) is 8.42 Å². The van der Waals surface area contributed by atoms with Crippen LogP contribution in [0.25, 0.3) is 0 Å². The molecule has 1 aliphatic carbocycles. The van der Waals surface area contributed by atoms with E-state index in [0.717, 1.165) is 25.8 Å². The van der Waals surface area contributed by atoms with Gasteiger partial charge in [0, 0.05) is 32.2 Å². The van der Waals surface area contributed by atoms with Crippen molar-refractivity contribution in [1.82, 2.24) is 13.9 Å². The summed E-state index contributed by atoms with van der Waals surface area (Å²) in [6.45, 7) is 3.41. The number of nitrogens with zero attached hydrogens (tertiary/aromatic N) is 2. The van der Waals surface area contributed by atoms with Crippen molar-refractivity contribution >= 4 is 10.2 Å². The van der Waals surface area contributed by atoms with Crippen LogP contribution < -0.4 is 4.72 Å². The molecule has 6 nitrogen and oxygen atoms in total. The van der Waals surface area contributed by atoms with E-state index >= 15 is 0 Å². The third-order valence-corrected chi connectivity index (χ3v) is 4.87. The number of hydrogen-bond donors (Lipinski definition) is 2. The zero-order valence-corrected chi connectivity index (χ0v) is 10.8. The Bertz CT molecular complexity index is 343. The van der Waals surface area contributed by atoms with Gasteiger partial charge in [0.2, 0.25) is 0 Å². The summed E-state index contributed by atoms with van der Waals surface area (Å²) in [6.07, 6.45) is 2.75. The molecule has 0 amide bonds. The number of hydrogen-bond acceptors (Lipinski definition) is 4. The Morgan fingerprint density at radius 2 is 1.94 bits per heavy atom. The van der Waals surface area contributed by atoms with E-state index < -0.39 is 10.2 Å². The van der Waals surface area contributed by atoms with Gasteiger partial charge in [0.15, 0.2) is 0 Å². The first-order valence-corrected chi connectivity index (χ1v) is 7.66. The molecule has 1 aliphatic heterocycles. The van der Waals surface area contributed by atoms with Crippen LogP contribution in [-0.2, 0) is 10.2 Å². The molecule has 1 heterocycles. The van der Waals surface area contributed by atoms with Crippen LogP contribution in [0.4, 0.5) is 0 Å². The molecule has 7 heteroatoms. The van der Waals surface area contributed by atoms with Gasteiger partial charge in [0.05, 0.1) is 6.61 Å². The van der Waals surface area contributed by atoms with Crippen molar-refractivity contribution in [2.45, 2.75) is 25.3 Å². The largest absolute Gasteiger partial charge is 0.395 e. The predicted octanol–water partition coefficient (Wildman–Crippen LogP) is -1.02. The average Bonchev–Trinajstić information content (AvgIpc) is 3.05. The Hall–Kier alpha value is -0.210. The van der Waals surface area contributed by atoms with Crippen molar-refractivity contribution < 1.29 is 13.5 Å². The van der Waals surface area contributed by atoms with Crippen molar-refractivity contribution in [1.29, 1.82) is 0 Å². The molecule has 0 atom stereocenters. The summed E-state index contributed by atoms with van der Waals surface area (Å²) in [5.74, 6) is 0. The average molecular weight is 263 g/mol. The van der Waals surface area contributed by atoms with Gasteiger partial charge in [-0.1, -0.05) is 0 Å². The highest BCUT2D eigenvalue weighted by molar-refractivity contribution is 7.87. The number of aliphatic hydroxyl groups is 1. The Morgan fingerprint density at radius 3 is 2.59 bits per heavy atom. The minimum absolute atomic E-state index is 0.132. The Labute approximate surface area is 103 Å². The highest BCUT2D eigenvalue weighted by Crippen LogP contribution is 2.21. The maximum atomic E-state index is 12.0. The summed E-state index contributed by atoms with van der Waals surface area (Å²) in [4.78, 5) is 2.10. The standard InChI is InChI=1S/C10H21N3O3S/c14-9-8-12-4-1-5-13(7-6-12)17(15,16)11-10-2-3-10/h10-11,14H,1-9H2. The van der Waals surface area contributed by atoms with E-state index in [2.05, 4.69) is 9.62 Å². The quantitative estimate of drug-likeness (QED) is 0.666. The maximum absolute atomic E-state index is 12.0. The molecule has 0 spiro atoms. The Balaban J connectivity index is 1.88. The molecular formula is C10H21N3O3S. The zero-order valence-electron chi connectivity index (χ0n) is 10.0. The smallest absolute Gasteiger partial charge is 0.279 e. The summed E-state index contributed by atoms with van der Waals surface area (Å²) < 4.78 is 28.2. The molecule has 100 valence electrons.